The summed E-state index contributed by atoms with van der Waals surface area (Å²) in [6.07, 6.45) is 2.88. The fourth-order valence-electron chi connectivity index (χ4n) is 1.36. The van der Waals surface area contributed by atoms with Gasteiger partial charge in [0.1, 0.15) is 5.82 Å². The van der Waals surface area contributed by atoms with Gasteiger partial charge in [0.25, 0.3) is 0 Å². The third-order valence-corrected chi connectivity index (χ3v) is 3.40. The molecule has 0 aliphatic carbocycles. The van der Waals surface area contributed by atoms with Crippen molar-refractivity contribution in [1.29, 1.82) is 0 Å². The van der Waals surface area contributed by atoms with Crippen molar-refractivity contribution in [1.82, 2.24) is 9.97 Å². The summed E-state index contributed by atoms with van der Waals surface area (Å²) in [6.45, 7) is 0. The van der Waals surface area contributed by atoms with Gasteiger partial charge in [0.2, 0.25) is 0 Å². The highest BCUT2D eigenvalue weighted by molar-refractivity contribution is 9.11. The van der Waals surface area contributed by atoms with Crippen LogP contribution in [0.2, 0.25) is 0 Å². The third-order valence-electron chi connectivity index (χ3n) is 2.22. The maximum atomic E-state index is 11.4. The lowest BCUT2D eigenvalue weighted by Crippen LogP contribution is -2.06. The predicted molar refractivity (Wildman–Crippen MR) is 78.5 cm³/mol. The number of ether oxygens (including phenoxy) is 1. The highest BCUT2D eigenvalue weighted by Crippen LogP contribution is 2.28. The minimum Gasteiger partial charge on any atom is -0.464 e. The molecule has 0 radical (unpaired) electrons. The first kappa shape index (κ1) is 14.0. The monoisotopic (exact) mass is 385 g/mol. The van der Waals surface area contributed by atoms with Gasteiger partial charge in [-0.1, -0.05) is 15.9 Å². The van der Waals surface area contributed by atoms with Crippen LogP contribution in [0, 0.1) is 0 Å². The SMILES string of the molecule is COC(=O)c1cncc(Nc2cc(Br)ccc2Br)n1. The average Bonchev–Trinajstić information content (AvgIpc) is 2.42. The predicted octanol–water partition coefficient (Wildman–Crippen LogP) is 3.53. The number of halogens is 2. The first-order valence-corrected chi connectivity index (χ1v) is 6.81. The lowest BCUT2D eigenvalue weighted by atomic mass is 10.3. The van der Waals surface area contributed by atoms with Gasteiger partial charge >= 0.3 is 5.97 Å². The molecule has 2 aromatic rings. The quantitative estimate of drug-likeness (QED) is 0.817. The van der Waals surface area contributed by atoms with E-state index < -0.39 is 5.97 Å². The summed E-state index contributed by atoms with van der Waals surface area (Å²) < 4.78 is 6.40. The number of benzene rings is 1. The van der Waals surface area contributed by atoms with Crippen LogP contribution in [0.15, 0.2) is 39.5 Å². The molecule has 1 heterocycles. The van der Waals surface area contributed by atoms with Crippen molar-refractivity contribution in [3.05, 3.63) is 45.2 Å². The Balaban J connectivity index is 2.28. The maximum Gasteiger partial charge on any atom is 0.358 e. The Morgan fingerprint density at radius 1 is 1.32 bits per heavy atom. The van der Waals surface area contributed by atoms with E-state index in [0.717, 1.165) is 14.6 Å². The van der Waals surface area contributed by atoms with Crippen molar-refractivity contribution < 1.29 is 9.53 Å². The summed E-state index contributed by atoms with van der Waals surface area (Å²) in [5, 5.41) is 3.07. The summed E-state index contributed by atoms with van der Waals surface area (Å²) in [7, 11) is 1.30. The summed E-state index contributed by atoms with van der Waals surface area (Å²) in [5.74, 6) is -0.0637. The molecule has 7 heteroatoms. The number of methoxy groups -OCH3 is 1. The van der Waals surface area contributed by atoms with Gasteiger partial charge in [-0.2, -0.15) is 0 Å². The second kappa shape index (κ2) is 6.12. The zero-order chi connectivity index (χ0) is 13.8. The molecule has 2 rings (SSSR count). The fourth-order valence-corrected chi connectivity index (χ4v) is 2.07. The average molecular weight is 387 g/mol. The molecule has 1 N–H and O–H groups in total. The molecule has 5 nitrogen and oxygen atoms in total. The second-order valence-corrected chi connectivity index (χ2v) is 5.30. The highest BCUT2D eigenvalue weighted by atomic mass is 79.9. The van der Waals surface area contributed by atoms with Crippen LogP contribution in [-0.4, -0.2) is 23.0 Å². The number of anilines is 2. The van der Waals surface area contributed by atoms with Crippen molar-refractivity contribution in [2.45, 2.75) is 0 Å². The van der Waals surface area contributed by atoms with Crippen molar-refractivity contribution in [3.8, 4) is 0 Å². The standard InChI is InChI=1S/C12H9Br2N3O2/c1-19-12(18)10-5-15-6-11(17-10)16-9-4-7(13)2-3-8(9)14/h2-6H,1H3,(H,16,17). The molecule has 0 spiro atoms. The first-order valence-electron chi connectivity index (χ1n) is 5.22. The molecule has 19 heavy (non-hydrogen) atoms. The van der Waals surface area contributed by atoms with E-state index in [1.165, 1.54) is 19.5 Å². The molecular weight excluding hydrogens is 378 g/mol. The van der Waals surface area contributed by atoms with Crippen LogP contribution in [0.4, 0.5) is 11.5 Å². The van der Waals surface area contributed by atoms with Gasteiger partial charge in [0.05, 0.1) is 25.2 Å². The number of nitrogens with zero attached hydrogens (tertiary/aromatic N) is 2. The molecule has 98 valence electrons. The minimum atomic E-state index is -0.524. The maximum absolute atomic E-state index is 11.4. The number of carbonyl (C=O) groups excluding carboxylic acids is 1. The molecule has 1 aromatic heterocycles. The van der Waals surface area contributed by atoms with E-state index in [-0.39, 0.29) is 5.69 Å². The zero-order valence-electron chi connectivity index (χ0n) is 9.85. The molecule has 0 atom stereocenters. The zero-order valence-corrected chi connectivity index (χ0v) is 13.0. The molecule has 0 saturated carbocycles. The topological polar surface area (TPSA) is 64.1 Å². The van der Waals surface area contributed by atoms with Gasteiger partial charge in [-0.15, -0.1) is 0 Å². The smallest absolute Gasteiger partial charge is 0.358 e. The third kappa shape index (κ3) is 3.51. The van der Waals surface area contributed by atoms with Gasteiger partial charge in [-0.3, -0.25) is 4.98 Å². The Labute approximate surface area is 126 Å². The van der Waals surface area contributed by atoms with Crippen LogP contribution in [0.1, 0.15) is 10.5 Å². The fraction of sp³-hybridized carbons (Fsp3) is 0.0833. The van der Waals surface area contributed by atoms with Crippen molar-refractivity contribution >= 4 is 49.3 Å². The Kier molecular flexibility index (Phi) is 4.49. The Hall–Kier alpha value is -1.47. The van der Waals surface area contributed by atoms with E-state index in [1.807, 2.05) is 18.2 Å². The molecule has 0 fully saturated rings. The van der Waals surface area contributed by atoms with E-state index in [4.69, 9.17) is 0 Å². The number of carbonyl (C=O) groups is 1. The molecule has 1 aromatic carbocycles. The van der Waals surface area contributed by atoms with Crippen LogP contribution >= 0.6 is 31.9 Å². The van der Waals surface area contributed by atoms with Crippen LogP contribution < -0.4 is 5.32 Å². The summed E-state index contributed by atoms with van der Waals surface area (Å²) in [6, 6.07) is 5.69. The largest absolute Gasteiger partial charge is 0.464 e. The van der Waals surface area contributed by atoms with Gasteiger partial charge in [-0.25, -0.2) is 9.78 Å². The van der Waals surface area contributed by atoms with Gasteiger partial charge < -0.3 is 10.1 Å². The van der Waals surface area contributed by atoms with Gasteiger partial charge in [0, 0.05) is 8.95 Å². The number of hydrogen-bond acceptors (Lipinski definition) is 5. The van der Waals surface area contributed by atoms with E-state index in [0.29, 0.717) is 5.82 Å². The van der Waals surface area contributed by atoms with Crippen molar-refractivity contribution in [2.75, 3.05) is 12.4 Å². The lowest BCUT2D eigenvalue weighted by Gasteiger charge is -2.08. The van der Waals surface area contributed by atoms with E-state index in [2.05, 4.69) is 51.9 Å². The number of esters is 1. The molecule has 0 aliphatic rings. The number of hydrogen-bond donors (Lipinski definition) is 1. The highest BCUT2D eigenvalue weighted by Gasteiger charge is 2.09. The Morgan fingerprint density at radius 3 is 2.84 bits per heavy atom. The van der Waals surface area contributed by atoms with Crippen LogP contribution in [-0.2, 0) is 4.74 Å². The number of rotatable bonds is 3. The molecular formula is C12H9Br2N3O2. The number of nitrogens with one attached hydrogen (secondary N) is 1. The molecule has 0 amide bonds. The van der Waals surface area contributed by atoms with Crippen LogP contribution in [0.25, 0.3) is 0 Å². The second-order valence-electron chi connectivity index (χ2n) is 3.53. The first-order chi connectivity index (χ1) is 9.10. The number of aromatic nitrogens is 2. The van der Waals surface area contributed by atoms with E-state index in [1.54, 1.807) is 0 Å². The van der Waals surface area contributed by atoms with Crippen LogP contribution in [0.5, 0.6) is 0 Å². The van der Waals surface area contributed by atoms with E-state index >= 15 is 0 Å². The molecule has 0 unspecified atom stereocenters. The van der Waals surface area contributed by atoms with Gasteiger partial charge in [-0.05, 0) is 34.1 Å². The lowest BCUT2D eigenvalue weighted by molar-refractivity contribution is 0.0593. The normalized spacial score (nSPS) is 10.1. The molecule has 0 bridgehead atoms. The molecule has 0 saturated heterocycles. The van der Waals surface area contributed by atoms with Crippen molar-refractivity contribution in [3.63, 3.8) is 0 Å². The van der Waals surface area contributed by atoms with Gasteiger partial charge in [0.15, 0.2) is 5.69 Å². The van der Waals surface area contributed by atoms with Crippen LogP contribution in [0.3, 0.4) is 0 Å². The Morgan fingerprint density at radius 2 is 2.11 bits per heavy atom. The summed E-state index contributed by atoms with van der Waals surface area (Å²) in [5.41, 5.74) is 0.962. The Bertz CT molecular complexity index is 620. The minimum absolute atomic E-state index is 0.151. The molecule has 0 aliphatic heterocycles. The summed E-state index contributed by atoms with van der Waals surface area (Å²) >= 11 is 6.81. The van der Waals surface area contributed by atoms with E-state index in [9.17, 15) is 4.79 Å². The van der Waals surface area contributed by atoms with Crippen molar-refractivity contribution in [2.24, 2.45) is 0 Å². The summed E-state index contributed by atoms with van der Waals surface area (Å²) in [4.78, 5) is 19.4.